The van der Waals surface area contributed by atoms with Crippen molar-refractivity contribution in [3.63, 3.8) is 0 Å². The minimum Gasteiger partial charge on any atom is -0.462 e. The summed E-state index contributed by atoms with van der Waals surface area (Å²) in [4.78, 5) is 11.6. The second kappa shape index (κ2) is 9.30. The average Bonchev–Trinajstić information content (AvgIpc) is 2.23. The maximum atomic E-state index is 11.6. The van der Waals surface area contributed by atoms with Crippen LogP contribution in [0.5, 0.6) is 0 Å². The van der Waals surface area contributed by atoms with Crippen LogP contribution in [0.2, 0.25) is 6.04 Å². The molecule has 0 amide bonds. The lowest BCUT2D eigenvalue weighted by Crippen LogP contribution is -2.30. The molecule has 0 aliphatic heterocycles. The highest BCUT2D eigenvalue weighted by atomic mass is 28.3. The van der Waals surface area contributed by atoms with Gasteiger partial charge in [0.05, 0.1) is 6.61 Å². The van der Waals surface area contributed by atoms with Crippen molar-refractivity contribution in [2.45, 2.75) is 59.3 Å². The molecule has 0 aromatic heterocycles. The molecule has 105 valence electrons. The first-order valence-electron chi connectivity index (χ1n) is 6.40. The quantitative estimate of drug-likeness (QED) is 0.368. The van der Waals surface area contributed by atoms with Crippen LogP contribution in [0.15, 0.2) is 12.2 Å². The Hall–Kier alpha value is -0.653. The largest absolute Gasteiger partial charge is 0.462 e. The third-order valence-corrected chi connectivity index (χ3v) is 4.00. The van der Waals surface area contributed by atoms with Crippen molar-refractivity contribution >= 4 is 15.3 Å². The average molecular weight is 273 g/mol. The van der Waals surface area contributed by atoms with E-state index in [0.717, 1.165) is 6.42 Å². The fourth-order valence-corrected chi connectivity index (χ4v) is 2.95. The Labute approximate surface area is 112 Å². The summed E-state index contributed by atoms with van der Waals surface area (Å²) in [5.74, 6) is -0.348. The highest BCUT2D eigenvalue weighted by Gasteiger charge is 2.23. The van der Waals surface area contributed by atoms with Gasteiger partial charge in [-0.2, -0.15) is 0 Å². The van der Waals surface area contributed by atoms with Gasteiger partial charge in [0.15, 0.2) is 0 Å². The van der Waals surface area contributed by atoms with Crippen LogP contribution in [0.1, 0.15) is 41.0 Å². The molecule has 0 aromatic rings. The first-order chi connectivity index (χ1) is 8.36. The van der Waals surface area contributed by atoms with Crippen LogP contribution >= 0.6 is 0 Å². The summed E-state index contributed by atoms with van der Waals surface area (Å²) in [7, 11) is -1.51. The zero-order valence-electron chi connectivity index (χ0n) is 12.1. The number of rotatable bonds is 9. The molecular formula is C13H25O4Si. The van der Waals surface area contributed by atoms with Gasteiger partial charge < -0.3 is 13.6 Å². The van der Waals surface area contributed by atoms with E-state index in [1.807, 2.05) is 34.6 Å². The summed E-state index contributed by atoms with van der Waals surface area (Å²) in [5.41, 5.74) is 0.429. The number of ether oxygens (including phenoxy) is 1. The number of carbonyl (C=O) groups is 1. The topological polar surface area (TPSA) is 44.8 Å². The van der Waals surface area contributed by atoms with E-state index in [2.05, 4.69) is 6.58 Å². The first-order valence-corrected chi connectivity index (χ1v) is 7.93. The van der Waals surface area contributed by atoms with Crippen molar-refractivity contribution in [2.24, 2.45) is 0 Å². The molecule has 0 unspecified atom stereocenters. The molecule has 0 rings (SSSR count). The fourth-order valence-electron chi connectivity index (χ4n) is 1.18. The number of hydrogen-bond acceptors (Lipinski definition) is 4. The van der Waals surface area contributed by atoms with E-state index in [1.54, 1.807) is 0 Å². The van der Waals surface area contributed by atoms with Gasteiger partial charge in [0, 0.05) is 23.8 Å². The highest BCUT2D eigenvalue weighted by Crippen LogP contribution is 2.12. The molecular weight excluding hydrogens is 248 g/mol. The highest BCUT2D eigenvalue weighted by molar-refractivity contribution is 6.46. The summed E-state index contributed by atoms with van der Waals surface area (Å²) >= 11 is 0. The SMILES string of the molecule is C=C(C[Si](OC(C)C)OC(C)C)C(=O)OCCC. The number of esters is 1. The van der Waals surface area contributed by atoms with Gasteiger partial charge >= 0.3 is 15.3 Å². The predicted molar refractivity (Wildman–Crippen MR) is 73.4 cm³/mol. The van der Waals surface area contributed by atoms with Crippen molar-refractivity contribution in [1.29, 1.82) is 0 Å². The molecule has 0 fully saturated rings. The van der Waals surface area contributed by atoms with E-state index >= 15 is 0 Å². The second-order valence-corrected chi connectivity index (χ2v) is 6.19. The minimum atomic E-state index is -1.51. The Morgan fingerprint density at radius 1 is 1.17 bits per heavy atom. The maximum Gasteiger partial charge on any atom is 0.390 e. The minimum absolute atomic E-state index is 0.0806. The van der Waals surface area contributed by atoms with E-state index in [9.17, 15) is 4.79 Å². The Morgan fingerprint density at radius 3 is 2.06 bits per heavy atom. The third-order valence-electron chi connectivity index (χ3n) is 1.82. The molecule has 1 radical (unpaired) electrons. The van der Waals surface area contributed by atoms with Gasteiger partial charge in [-0.25, -0.2) is 4.79 Å². The standard InChI is InChI=1S/C13H25O4Si/c1-7-8-15-13(14)12(6)9-18(16-10(2)3)17-11(4)5/h10-11H,6-9H2,1-5H3. The molecule has 0 aromatic carbocycles. The monoisotopic (exact) mass is 273 g/mol. The molecule has 0 aliphatic rings. The Balaban J connectivity index is 4.28. The van der Waals surface area contributed by atoms with E-state index < -0.39 is 9.28 Å². The van der Waals surface area contributed by atoms with Gasteiger partial charge in [-0.3, -0.25) is 0 Å². The van der Waals surface area contributed by atoms with Crippen LogP contribution in [0.3, 0.4) is 0 Å². The Kier molecular flexibility index (Phi) is 8.96. The molecule has 18 heavy (non-hydrogen) atoms. The Bertz CT molecular complexity index is 254. The summed E-state index contributed by atoms with van der Waals surface area (Å²) in [6.45, 7) is 13.9. The van der Waals surface area contributed by atoms with Crippen LogP contribution in [0.25, 0.3) is 0 Å². The van der Waals surface area contributed by atoms with Crippen LogP contribution in [0.4, 0.5) is 0 Å². The summed E-state index contributed by atoms with van der Waals surface area (Å²) in [6, 6.07) is 0.434. The Morgan fingerprint density at radius 2 is 1.67 bits per heavy atom. The van der Waals surface area contributed by atoms with E-state index in [1.165, 1.54) is 0 Å². The zero-order chi connectivity index (χ0) is 14.1. The van der Waals surface area contributed by atoms with Crippen molar-refractivity contribution in [3.8, 4) is 0 Å². The van der Waals surface area contributed by atoms with E-state index in [-0.39, 0.29) is 18.2 Å². The smallest absolute Gasteiger partial charge is 0.390 e. The molecule has 5 heteroatoms. The van der Waals surface area contributed by atoms with Crippen LogP contribution in [-0.2, 0) is 18.4 Å². The second-order valence-electron chi connectivity index (χ2n) is 4.62. The molecule has 0 atom stereocenters. The third kappa shape index (κ3) is 8.44. The van der Waals surface area contributed by atoms with Gasteiger partial charge in [-0.15, -0.1) is 0 Å². The summed E-state index contributed by atoms with van der Waals surface area (Å²) < 4.78 is 16.4. The molecule has 0 saturated carbocycles. The molecule has 0 spiro atoms. The zero-order valence-corrected chi connectivity index (χ0v) is 13.1. The van der Waals surface area contributed by atoms with Crippen molar-refractivity contribution in [2.75, 3.05) is 6.61 Å². The lowest BCUT2D eigenvalue weighted by atomic mass is 10.3. The van der Waals surface area contributed by atoms with Crippen LogP contribution in [-0.4, -0.2) is 34.1 Å². The summed E-state index contributed by atoms with van der Waals surface area (Å²) in [6.07, 6.45) is 0.969. The van der Waals surface area contributed by atoms with Crippen LogP contribution < -0.4 is 0 Å². The molecule has 4 nitrogen and oxygen atoms in total. The lowest BCUT2D eigenvalue weighted by Gasteiger charge is -2.20. The fraction of sp³-hybridized carbons (Fsp3) is 0.769. The van der Waals surface area contributed by atoms with Gasteiger partial charge in [0.2, 0.25) is 0 Å². The van der Waals surface area contributed by atoms with Gasteiger partial charge in [-0.1, -0.05) is 13.5 Å². The number of carbonyl (C=O) groups excluding carboxylic acids is 1. The van der Waals surface area contributed by atoms with Crippen molar-refractivity contribution in [3.05, 3.63) is 12.2 Å². The van der Waals surface area contributed by atoms with E-state index in [0.29, 0.717) is 18.2 Å². The van der Waals surface area contributed by atoms with Crippen molar-refractivity contribution in [1.82, 2.24) is 0 Å². The molecule has 0 N–H and O–H groups in total. The lowest BCUT2D eigenvalue weighted by molar-refractivity contribution is -0.139. The van der Waals surface area contributed by atoms with Crippen molar-refractivity contribution < 1.29 is 18.4 Å². The van der Waals surface area contributed by atoms with Gasteiger partial charge in [0.25, 0.3) is 0 Å². The first kappa shape index (κ1) is 17.3. The van der Waals surface area contributed by atoms with Gasteiger partial charge in [-0.05, 0) is 34.1 Å². The van der Waals surface area contributed by atoms with E-state index in [4.69, 9.17) is 13.6 Å². The molecule has 0 heterocycles. The normalized spacial score (nSPS) is 11.3. The molecule has 0 aliphatic carbocycles. The van der Waals surface area contributed by atoms with Gasteiger partial charge in [0.1, 0.15) is 0 Å². The molecule has 0 saturated heterocycles. The predicted octanol–water partition coefficient (Wildman–Crippen LogP) is 2.83. The maximum absolute atomic E-state index is 11.6. The molecule has 0 bridgehead atoms. The number of hydrogen-bond donors (Lipinski definition) is 0. The van der Waals surface area contributed by atoms with Crippen LogP contribution in [0, 0.1) is 0 Å². The summed E-state index contributed by atoms with van der Waals surface area (Å²) in [5, 5.41) is 0.